The molecule has 0 unspecified atom stereocenters. The fourth-order valence-corrected chi connectivity index (χ4v) is 3.58. The molecule has 0 aromatic heterocycles. The summed E-state index contributed by atoms with van der Waals surface area (Å²) >= 11 is 0. The summed E-state index contributed by atoms with van der Waals surface area (Å²) in [6, 6.07) is 15.2. The van der Waals surface area contributed by atoms with Crippen LogP contribution in [0.15, 0.2) is 42.5 Å². The van der Waals surface area contributed by atoms with Gasteiger partial charge in [-0.1, -0.05) is 42.5 Å². The van der Waals surface area contributed by atoms with Crippen LogP contribution in [0, 0.1) is 5.92 Å². The topological polar surface area (TPSA) is 70.7 Å². The van der Waals surface area contributed by atoms with E-state index in [2.05, 4.69) is 58.0 Å². The van der Waals surface area contributed by atoms with E-state index >= 15 is 0 Å². The van der Waals surface area contributed by atoms with Crippen LogP contribution >= 0.6 is 0 Å². The number of piperidine rings is 1. The van der Waals surface area contributed by atoms with Crippen molar-refractivity contribution in [3.8, 4) is 0 Å². The highest BCUT2D eigenvalue weighted by atomic mass is 16.6. The average molecular weight is 383 g/mol. The van der Waals surface area contributed by atoms with E-state index in [0.717, 1.165) is 38.9 Å². The molecule has 2 aromatic rings. The van der Waals surface area contributed by atoms with E-state index in [4.69, 9.17) is 4.74 Å². The van der Waals surface area contributed by atoms with Crippen LogP contribution in [0.25, 0.3) is 10.8 Å². The first-order chi connectivity index (χ1) is 13.6. The molecule has 0 aliphatic carbocycles. The fourth-order valence-electron chi connectivity index (χ4n) is 3.58. The van der Waals surface area contributed by atoms with E-state index in [1.54, 1.807) is 0 Å². The highest BCUT2D eigenvalue weighted by Crippen LogP contribution is 2.19. The van der Waals surface area contributed by atoms with E-state index < -0.39 is 6.09 Å². The van der Waals surface area contributed by atoms with Gasteiger partial charge in [0.15, 0.2) is 6.61 Å². The van der Waals surface area contributed by atoms with Gasteiger partial charge in [-0.15, -0.1) is 0 Å². The fraction of sp³-hybridized carbons (Fsp3) is 0.455. The maximum Gasteiger partial charge on any atom is 0.407 e. The maximum absolute atomic E-state index is 11.6. The number of carbonyl (C=O) groups excluding carboxylic acids is 2. The molecule has 1 aliphatic heterocycles. The van der Waals surface area contributed by atoms with Gasteiger partial charge >= 0.3 is 6.09 Å². The predicted octanol–water partition coefficient (Wildman–Crippen LogP) is 2.57. The van der Waals surface area contributed by atoms with Crippen LogP contribution in [0.1, 0.15) is 18.4 Å². The van der Waals surface area contributed by atoms with E-state index in [1.165, 1.54) is 23.4 Å². The summed E-state index contributed by atoms with van der Waals surface area (Å²) in [6.45, 7) is 3.52. The summed E-state index contributed by atoms with van der Waals surface area (Å²) < 4.78 is 4.85. The van der Waals surface area contributed by atoms with Gasteiger partial charge in [0.05, 0.1) is 0 Å². The number of likely N-dealkylation sites (N-methyl/N-ethyl adjacent to an activating group) is 1. The summed E-state index contributed by atoms with van der Waals surface area (Å²) in [4.78, 5) is 25.2. The Hall–Kier alpha value is -2.60. The lowest BCUT2D eigenvalue weighted by Gasteiger charge is -2.32. The van der Waals surface area contributed by atoms with Gasteiger partial charge in [-0.05, 0) is 54.6 Å². The van der Waals surface area contributed by atoms with Crippen LogP contribution in [0.3, 0.4) is 0 Å². The SMILES string of the molecule is CNC(=O)COC(=O)NCC1CCN(CCc2ccc3ccccc3c2)CC1. The number of fused-ring (bicyclic) bond motifs is 1. The number of alkyl carbamates (subject to hydrolysis) is 1. The van der Waals surface area contributed by atoms with Crippen molar-refractivity contribution in [3.63, 3.8) is 0 Å². The minimum absolute atomic E-state index is 0.241. The first-order valence-electron chi connectivity index (χ1n) is 9.95. The second kappa shape index (κ2) is 10.1. The number of nitrogens with zero attached hydrogens (tertiary/aromatic N) is 1. The predicted molar refractivity (Wildman–Crippen MR) is 110 cm³/mol. The first-order valence-corrected chi connectivity index (χ1v) is 9.95. The van der Waals surface area contributed by atoms with Crippen LogP contribution < -0.4 is 10.6 Å². The molecule has 2 aromatic carbocycles. The molecule has 0 atom stereocenters. The number of hydrogen-bond acceptors (Lipinski definition) is 4. The van der Waals surface area contributed by atoms with Crippen molar-refractivity contribution in [2.24, 2.45) is 5.92 Å². The van der Waals surface area contributed by atoms with Gasteiger partial charge in [-0.3, -0.25) is 4.79 Å². The van der Waals surface area contributed by atoms with Crippen molar-refractivity contribution < 1.29 is 14.3 Å². The number of rotatable bonds is 7. The molecule has 0 radical (unpaired) electrons. The zero-order valence-corrected chi connectivity index (χ0v) is 16.4. The molecule has 1 aliphatic rings. The van der Waals surface area contributed by atoms with Crippen molar-refractivity contribution in [3.05, 3.63) is 48.0 Å². The van der Waals surface area contributed by atoms with Gasteiger partial charge in [-0.25, -0.2) is 4.79 Å². The molecule has 0 saturated carbocycles. The summed E-state index contributed by atoms with van der Waals surface area (Å²) in [5.41, 5.74) is 1.38. The minimum atomic E-state index is -0.526. The van der Waals surface area contributed by atoms with Gasteiger partial charge in [-0.2, -0.15) is 0 Å². The summed E-state index contributed by atoms with van der Waals surface area (Å²) in [5.74, 6) is 0.152. The third-order valence-corrected chi connectivity index (χ3v) is 5.39. The lowest BCUT2D eigenvalue weighted by molar-refractivity contribution is -0.123. The summed E-state index contributed by atoms with van der Waals surface area (Å²) in [6.07, 6.45) is 2.66. The second-order valence-corrected chi connectivity index (χ2v) is 7.35. The number of likely N-dealkylation sites (tertiary alicyclic amines) is 1. The van der Waals surface area contributed by atoms with Gasteiger partial charge < -0.3 is 20.3 Å². The minimum Gasteiger partial charge on any atom is -0.439 e. The van der Waals surface area contributed by atoms with Crippen LogP contribution in [0.2, 0.25) is 0 Å². The Morgan fingerprint density at radius 3 is 2.61 bits per heavy atom. The summed E-state index contributed by atoms with van der Waals surface area (Å²) in [7, 11) is 1.51. The Labute approximate surface area is 166 Å². The normalized spacial score (nSPS) is 15.3. The number of benzene rings is 2. The molecule has 2 amide bonds. The zero-order chi connectivity index (χ0) is 19.8. The van der Waals surface area contributed by atoms with Crippen molar-refractivity contribution in [1.29, 1.82) is 0 Å². The van der Waals surface area contributed by atoms with Crippen molar-refractivity contribution >= 4 is 22.8 Å². The second-order valence-electron chi connectivity index (χ2n) is 7.35. The smallest absolute Gasteiger partial charge is 0.407 e. The molecule has 0 bridgehead atoms. The van der Waals surface area contributed by atoms with E-state index in [0.29, 0.717) is 12.5 Å². The van der Waals surface area contributed by atoms with Crippen LogP contribution in [0.4, 0.5) is 4.79 Å². The van der Waals surface area contributed by atoms with Crippen LogP contribution in [-0.4, -0.2) is 56.7 Å². The molecule has 6 heteroatoms. The number of nitrogens with one attached hydrogen (secondary N) is 2. The molecule has 1 heterocycles. The Bertz CT molecular complexity index is 800. The van der Waals surface area contributed by atoms with E-state index in [9.17, 15) is 9.59 Å². The highest BCUT2D eigenvalue weighted by molar-refractivity contribution is 5.83. The van der Waals surface area contributed by atoms with Crippen molar-refractivity contribution in [1.82, 2.24) is 15.5 Å². The van der Waals surface area contributed by atoms with Crippen LogP contribution in [-0.2, 0) is 16.0 Å². The first kappa shape index (κ1) is 20.1. The summed E-state index contributed by atoms with van der Waals surface area (Å²) in [5, 5.41) is 7.76. The molecule has 3 rings (SSSR count). The number of carbonyl (C=O) groups is 2. The highest BCUT2D eigenvalue weighted by Gasteiger charge is 2.20. The van der Waals surface area contributed by atoms with Gasteiger partial charge in [0.2, 0.25) is 0 Å². The molecule has 1 fully saturated rings. The number of amides is 2. The van der Waals surface area contributed by atoms with E-state index in [1.807, 2.05) is 0 Å². The molecule has 1 saturated heterocycles. The van der Waals surface area contributed by atoms with Crippen LogP contribution in [0.5, 0.6) is 0 Å². The van der Waals surface area contributed by atoms with Gasteiger partial charge in [0.1, 0.15) is 0 Å². The molecule has 150 valence electrons. The molecule has 28 heavy (non-hydrogen) atoms. The Morgan fingerprint density at radius 1 is 1.11 bits per heavy atom. The molecular formula is C22H29N3O3. The lowest BCUT2D eigenvalue weighted by Crippen LogP contribution is -2.40. The quantitative estimate of drug-likeness (QED) is 0.771. The van der Waals surface area contributed by atoms with Gasteiger partial charge in [0.25, 0.3) is 5.91 Å². The molecule has 0 spiro atoms. The lowest BCUT2D eigenvalue weighted by atomic mass is 9.96. The molecule has 2 N–H and O–H groups in total. The Morgan fingerprint density at radius 2 is 1.86 bits per heavy atom. The third kappa shape index (κ3) is 5.96. The average Bonchev–Trinajstić information content (AvgIpc) is 2.75. The van der Waals surface area contributed by atoms with Gasteiger partial charge in [0, 0.05) is 20.1 Å². The number of hydrogen-bond donors (Lipinski definition) is 2. The Balaban J connectivity index is 1.34. The Kier molecular flexibility index (Phi) is 7.25. The monoisotopic (exact) mass is 383 g/mol. The maximum atomic E-state index is 11.6. The van der Waals surface area contributed by atoms with Crippen molar-refractivity contribution in [2.45, 2.75) is 19.3 Å². The zero-order valence-electron chi connectivity index (χ0n) is 16.4. The molecule has 6 nitrogen and oxygen atoms in total. The largest absolute Gasteiger partial charge is 0.439 e. The van der Waals surface area contributed by atoms with E-state index in [-0.39, 0.29) is 12.5 Å². The molecular weight excluding hydrogens is 354 g/mol. The third-order valence-electron chi connectivity index (χ3n) is 5.39. The standard InChI is InChI=1S/C22H29N3O3/c1-23-21(26)16-28-22(27)24-15-18-9-12-25(13-10-18)11-8-17-6-7-19-4-2-3-5-20(19)14-17/h2-7,14,18H,8-13,15-16H2,1H3,(H,23,26)(H,24,27). The van der Waals surface area contributed by atoms with Crippen molar-refractivity contribution in [2.75, 3.05) is 39.8 Å². The number of ether oxygens (including phenoxy) is 1.